The van der Waals surface area contributed by atoms with Gasteiger partial charge in [-0.05, 0) is 42.5 Å². The smallest absolute Gasteiger partial charge is 0.283 e. The molecule has 4 nitrogen and oxygen atoms in total. The molecule has 6 heteroatoms. The van der Waals surface area contributed by atoms with Crippen LogP contribution in [0.25, 0.3) is 0 Å². The highest BCUT2D eigenvalue weighted by Crippen LogP contribution is 2.23. The molecule has 1 aromatic rings. The summed E-state index contributed by atoms with van der Waals surface area (Å²) in [7, 11) is 0. The van der Waals surface area contributed by atoms with E-state index in [-0.39, 0.29) is 10.3 Å². The lowest BCUT2D eigenvalue weighted by Gasteiger charge is -2.23. The number of anilines is 1. The molecule has 0 bridgehead atoms. The lowest BCUT2D eigenvalue weighted by atomic mass is 10.2. The fraction of sp³-hybridized carbons (Fsp3) is 0.667. The van der Waals surface area contributed by atoms with Gasteiger partial charge in [0.05, 0.1) is 11.9 Å². The Balaban J connectivity index is 2.86. The summed E-state index contributed by atoms with van der Waals surface area (Å²) in [5.74, 6) is 0. The van der Waals surface area contributed by atoms with Crippen molar-refractivity contribution in [3.05, 3.63) is 21.0 Å². The number of rotatable bonds is 6. The largest absolute Gasteiger partial charge is 0.381 e. The highest BCUT2D eigenvalue weighted by Gasteiger charge is 2.17. The molecule has 0 saturated heterocycles. The molecule has 1 heterocycles. The summed E-state index contributed by atoms with van der Waals surface area (Å²) >= 11 is 5.13. The van der Waals surface area contributed by atoms with E-state index in [4.69, 9.17) is 0 Å². The van der Waals surface area contributed by atoms with Gasteiger partial charge in [0.15, 0.2) is 0 Å². The minimum absolute atomic E-state index is 0.0798. The van der Waals surface area contributed by atoms with Crippen molar-refractivity contribution in [2.24, 2.45) is 0 Å². The Morgan fingerprint density at radius 2 is 2.22 bits per heavy atom. The number of hydrogen-bond acceptors (Lipinski definition) is 4. The van der Waals surface area contributed by atoms with Gasteiger partial charge in [0.2, 0.25) is 0 Å². The third-order valence-corrected chi connectivity index (χ3v) is 4.69. The summed E-state index contributed by atoms with van der Waals surface area (Å²) in [5.41, 5.74) is 0.679. The molecule has 0 aromatic carbocycles. The minimum atomic E-state index is -0.0798. The Labute approximate surface area is 121 Å². The summed E-state index contributed by atoms with van der Waals surface area (Å²) in [6, 6.07) is 0. The summed E-state index contributed by atoms with van der Waals surface area (Å²) in [5, 5.41) is 7.43. The molecule has 0 amide bonds. The second kappa shape index (κ2) is 6.61. The number of nitrogens with zero attached hydrogens (tertiary/aromatic N) is 2. The van der Waals surface area contributed by atoms with E-state index in [2.05, 4.69) is 46.4 Å². The Morgan fingerprint density at radius 1 is 1.56 bits per heavy atom. The summed E-state index contributed by atoms with van der Waals surface area (Å²) in [6.45, 7) is 7.77. The van der Waals surface area contributed by atoms with Crippen LogP contribution in [0.1, 0.15) is 27.2 Å². The first-order chi connectivity index (χ1) is 8.41. The molecule has 0 radical (unpaired) electrons. The van der Waals surface area contributed by atoms with Crippen molar-refractivity contribution in [2.45, 2.75) is 38.5 Å². The molecule has 102 valence electrons. The molecule has 0 aliphatic rings. The van der Waals surface area contributed by atoms with Gasteiger partial charge in [0.25, 0.3) is 5.56 Å². The number of hydrogen-bond donors (Lipinski definition) is 1. The van der Waals surface area contributed by atoms with Crippen molar-refractivity contribution in [2.75, 3.05) is 18.1 Å². The maximum absolute atomic E-state index is 12.0. The molecule has 1 rings (SSSR count). The molecule has 0 fully saturated rings. The molecule has 0 aliphatic heterocycles. The SMILES string of the molecule is CCCn1ncc(NCC(C)(C)SC)c(Br)c1=O. The molecule has 0 saturated carbocycles. The molecule has 1 aromatic heterocycles. The zero-order valence-electron chi connectivity index (χ0n) is 11.3. The van der Waals surface area contributed by atoms with Crippen molar-refractivity contribution in [3.63, 3.8) is 0 Å². The summed E-state index contributed by atoms with van der Waals surface area (Å²) < 4.78 is 2.16. The highest BCUT2D eigenvalue weighted by molar-refractivity contribution is 9.10. The third kappa shape index (κ3) is 4.02. The lowest BCUT2D eigenvalue weighted by molar-refractivity contribution is 0.565. The zero-order valence-corrected chi connectivity index (χ0v) is 13.7. The van der Waals surface area contributed by atoms with Gasteiger partial charge >= 0.3 is 0 Å². The second-order valence-electron chi connectivity index (χ2n) is 4.72. The lowest BCUT2D eigenvalue weighted by Crippen LogP contribution is -2.29. The maximum atomic E-state index is 12.0. The summed E-state index contributed by atoms with van der Waals surface area (Å²) in [4.78, 5) is 12.0. The topological polar surface area (TPSA) is 46.9 Å². The van der Waals surface area contributed by atoms with E-state index in [1.807, 2.05) is 6.92 Å². The van der Waals surface area contributed by atoms with E-state index in [9.17, 15) is 4.79 Å². The molecule has 0 aliphatic carbocycles. The van der Waals surface area contributed by atoms with E-state index in [0.717, 1.165) is 18.7 Å². The summed E-state index contributed by atoms with van der Waals surface area (Å²) in [6.07, 6.45) is 4.68. The van der Waals surface area contributed by atoms with Crippen LogP contribution in [0.5, 0.6) is 0 Å². The van der Waals surface area contributed by atoms with E-state index in [1.54, 1.807) is 18.0 Å². The van der Waals surface area contributed by atoms with E-state index >= 15 is 0 Å². The fourth-order valence-corrected chi connectivity index (χ4v) is 2.00. The van der Waals surface area contributed by atoms with Crippen molar-refractivity contribution >= 4 is 33.4 Å². The molecule has 0 unspecified atom stereocenters. The third-order valence-electron chi connectivity index (χ3n) is 2.68. The van der Waals surface area contributed by atoms with Crippen LogP contribution in [0.4, 0.5) is 5.69 Å². The van der Waals surface area contributed by atoms with Gasteiger partial charge in [-0.25, -0.2) is 4.68 Å². The molecule has 18 heavy (non-hydrogen) atoms. The first-order valence-electron chi connectivity index (χ1n) is 5.96. The van der Waals surface area contributed by atoms with Crippen molar-refractivity contribution < 1.29 is 0 Å². The molecular weight excluding hydrogens is 314 g/mol. The normalized spacial score (nSPS) is 11.6. The van der Waals surface area contributed by atoms with Gasteiger partial charge in [0, 0.05) is 17.8 Å². The van der Waals surface area contributed by atoms with Crippen molar-refractivity contribution in [3.8, 4) is 0 Å². The first-order valence-corrected chi connectivity index (χ1v) is 7.97. The highest BCUT2D eigenvalue weighted by atomic mass is 79.9. The number of halogens is 1. The maximum Gasteiger partial charge on any atom is 0.283 e. The number of thioether (sulfide) groups is 1. The van der Waals surface area contributed by atoms with Crippen LogP contribution in [0.2, 0.25) is 0 Å². The molecular formula is C12H20BrN3OS. The number of nitrogens with one attached hydrogen (secondary N) is 1. The van der Waals surface area contributed by atoms with Crippen LogP contribution in [0, 0.1) is 0 Å². The van der Waals surface area contributed by atoms with Crippen LogP contribution >= 0.6 is 27.7 Å². The monoisotopic (exact) mass is 333 g/mol. The van der Waals surface area contributed by atoms with Gasteiger partial charge in [-0.15, -0.1) is 0 Å². The van der Waals surface area contributed by atoms with E-state index in [1.165, 1.54) is 4.68 Å². The first kappa shape index (κ1) is 15.6. The Morgan fingerprint density at radius 3 is 2.78 bits per heavy atom. The quantitative estimate of drug-likeness (QED) is 0.869. The van der Waals surface area contributed by atoms with Crippen LogP contribution in [0.15, 0.2) is 15.5 Å². The predicted molar refractivity (Wildman–Crippen MR) is 82.6 cm³/mol. The zero-order chi connectivity index (χ0) is 13.8. The molecule has 0 spiro atoms. The Hall–Kier alpha value is -0.490. The van der Waals surface area contributed by atoms with Crippen LogP contribution in [-0.4, -0.2) is 27.3 Å². The predicted octanol–water partition coefficient (Wildman–Crippen LogP) is 2.97. The van der Waals surface area contributed by atoms with Gasteiger partial charge in [-0.3, -0.25) is 4.79 Å². The van der Waals surface area contributed by atoms with Crippen molar-refractivity contribution in [1.82, 2.24) is 9.78 Å². The van der Waals surface area contributed by atoms with Crippen LogP contribution in [-0.2, 0) is 6.54 Å². The molecule has 0 atom stereocenters. The van der Waals surface area contributed by atoms with Crippen LogP contribution in [0.3, 0.4) is 0 Å². The van der Waals surface area contributed by atoms with Gasteiger partial charge < -0.3 is 5.32 Å². The Bertz CT molecular complexity index is 459. The van der Waals surface area contributed by atoms with E-state index < -0.39 is 0 Å². The molecule has 1 N–H and O–H groups in total. The number of aromatic nitrogens is 2. The van der Waals surface area contributed by atoms with Crippen LogP contribution < -0.4 is 10.9 Å². The average molecular weight is 334 g/mol. The fourth-order valence-electron chi connectivity index (χ4n) is 1.34. The van der Waals surface area contributed by atoms with Gasteiger partial charge in [-0.2, -0.15) is 16.9 Å². The standard InChI is InChI=1S/C12H20BrN3OS/c1-5-6-16-11(17)10(13)9(7-15-16)14-8-12(2,3)18-4/h7,14H,5-6,8H2,1-4H3. The average Bonchev–Trinajstić information content (AvgIpc) is 2.34. The van der Waals surface area contributed by atoms with Crippen molar-refractivity contribution in [1.29, 1.82) is 0 Å². The second-order valence-corrected chi connectivity index (χ2v) is 7.02. The number of aryl methyl sites for hydroxylation is 1. The minimum Gasteiger partial charge on any atom is -0.381 e. The van der Waals surface area contributed by atoms with Gasteiger partial charge in [-0.1, -0.05) is 6.92 Å². The Kier molecular flexibility index (Phi) is 5.72. The van der Waals surface area contributed by atoms with E-state index in [0.29, 0.717) is 11.0 Å². The van der Waals surface area contributed by atoms with Gasteiger partial charge in [0.1, 0.15) is 4.47 Å².